The number of fused-ring (bicyclic) bond motifs is 1. The molecule has 34 heavy (non-hydrogen) atoms. The van der Waals surface area contributed by atoms with Crippen molar-refractivity contribution in [2.45, 2.75) is 0 Å². The van der Waals surface area contributed by atoms with E-state index in [1.54, 1.807) is 42.6 Å². The van der Waals surface area contributed by atoms with Gasteiger partial charge in [0.15, 0.2) is 0 Å². The molecule has 0 N–H and O–H groups in total. The fourth-order valence-electron chi connectivity index (χ4n) is 3.44. The second kappa shape index (κ2) is 9.44. The second-order valence-corrected chi connectivity index (χ2v) is 6.92. The van der Waals surface area contributed by atoms with E-state index in [2.05, 4.69) is 9.97 Å². The van der Waals surface area contributed by atoms with E-state index < -0.39 is 9.85 Å². The van der Waals surface area contributed by atoms with Gasteiger partial charge in [0.05, 0.1) is 52.3 Å². The summed E-state index contributed by atoms with van der Waals surface area (Å²) in [6, 6.07) is 15.2. The van der Waals surface area contributed by atoms with E-state index in [0.29, 0.717) is 33.7 Å². The minimum absolute atomic E-state index is 0.0589. The topological polar surface area (TPSA) is 137 Å². The lowest BCUT2D eigenvalue weighted by Gasteiger charge is -2.29. The average molecular weight is 462 g/mol. The molecule has 0 saturated heterocycles. The van der Waals surface area contributed by atoms with E-state index in [-0.39, 0.29) is 11.4 Å². The van der Waals surface area contributed by atoms with Crippen LogP contribution in [-0.4, -0.2) is 34.0 Å². The maximum atomic E-state index is 11.1. The molecule has 0 aliphatic rings. The molecule has 0 spiro atoms. The fraction of sp³-hybridized carbons (Fsp3) is 0.0909. The number of nitro benzene ring substituents is 2. The molecule has 12 nitrogen and oxygen atoms in total. The Morgan fingerprint density at radius 1 is 0.765 bits per heavy atom. The Morgan fingerprint density at radius 2 is 1.24 bits per heavy atom. The number of nitrogens with zero attached hydrogens (tertiary/aromatic N) is 6. The van der Waals surface area contributed by atoms with Crippen molar-refractivity contribution in [3.63, 3.8) is 0 Å². The molecule has 0 fully saturated rings. The molecule has 1 heterocycles. The van der Waals surface area contributed by atoms with Crippen LogP contribution in [0.4, 0.5) is 34.1 Å². The van der Waals surface area contributed by atoms with E-state index >= 15 is 0 Å². The zero-order valence-corrected chi connectivity index (χ0v) is 18.1. The van der Waals surface area contributed by atoms with Crippen LogP contribution in [0.5, 0.6) is 0 Å². The molecule has 12 heteroatoms. The Kier molecular flexibility index (Phi) is 6.25. The predicted octanol–water partition coefficient (Wildman–Crippen LogP) is 4.85. The Balaban J connectivity index is 1.87. The quantitative estimate of drug-likeness (QED) is 0.264. The first-order valence-electron chi connectivity index (χ1n) is 9.84. The zero-order valence-electron chi connectivity index (χ0n) is 18.1. The van der Waals surface area contributed by atoms with Crippen LogP contribution in [-0.2, 0) is 9.68 Å². The highest BCUT2D eigenvalue weighted by Gasteiger charge is 2.22. The third-order valence-electron chi connectivity index (χ3n) is 4.99. The summed E-state index contributed by atoms with van der Waals surface area (Å²) in [6.07, 6.45) is 3.06. The highest BCUT2D eigenvalue weighted by atomic mass is 16.7. The number of nitro groups is 2. The van der Waals surface area contributed by atoms with Crippen LogP contribution >= 0.6 is 0 Å². The van der Waals surface area contributed by atoms with Gasteiger partial charge in [-0.2, -0.15) is 0 Å². The van der Waals surface area contributed by atoms with Gasteiger partial charge in [0, 0.05) is 35.8 Å². The van der Waals surface area contributed by atoms with Gasteiger partial charge in [0.1, 0.15) is 6.33 Å². The molecule has 172 valence electrons. The van der Waals surface area contributed by atoms with E-state index in [1.807, 2.05) is 0 Å². The third-order valence-corrected chi connectivity index (χ3v) is 4.99. The highest BCUT2D eigenvalue weighted by Crippen LogP contribution is 2.41. The number of anilines is 4. The highest BCUT2D eigenvalue weighted by molar-refractivity contribution is 5.92. The van der Waals surface area contributed by atoms with Gasteiger partial charge >= 0.3 is 0 Å². The third kappa shape index (κ3) is 4.30. The fourth-order valence-corrected chi connectivity index (χ4v) is 3.44. The Morgan fingerprint density at radius 3 is 1.68 bits per heavy atom. The largest absolute Gasteiger partial charge is 0.272 e. The van der Waals surface area contributed by atoms with Crippen molar-refractivity contribution in [3.8, 4) is 0 Å². The van der Waals surface area contributed by atoms with Crippen LogP contribution in [0.2, 0.25) is 0 Å². The predicted molar refractivity (Wildman–Crippen MR) is 124 cm³/mol. The van der Waals surface area contributed by atoms with Gasteiger partial charge in [-0.15, -0.1) is 0 Å². The summed E-state index contributed by atoms with van der Waals surface area (Å²) in [5.74, 6) is 0. The molecular weight excluding hydrogens is 444 g/mol. The molecule has 0 bridgehead atoms. The first-order valence-corrected chi connectivity index (χ1v) is 9.84. The van der Waals surface area contributed by atoms with E-state index in [0.717, 1.165) is 0 Å². The second-order valence-electron chi connectivity index (χ2n) is 6.92. The van der Waals surface area contributed by atoms with Crippen LogP contribution in [0.25, 0.3) is 10.9 Å². The zero-order chi connectivity index (χ0) is 24.2. The molecular formula is C22H18N6O6. The Labute approximate surface area is 192 Å². The normalized spacial score (nSPS) is 10.8. The van der Waals surface area contributed by atoms with Crippen LogP contribution < -0.4 is 10.1 Å². The summed E-state index contributed by atoms with van der Waals surface area (Å²) < 4.78 is 0. The Bertz CT molecular complexity index is 1240. The maximum absolute atomic E-state index is 11.1. The lowest BCUT2D eigenvalue weighted by molar-refractivity contribution is -0.385. The summed E-state index contributed by atoms with van der Waals surface area (Å²) in [5, 5.41) is 25.8. The molecule has 3 aromatic carbocycles. The summed E-state index contributed by atoms with van der Waals surface area (Å²) in [6.45, 7) is 0. The lowest BCUT2D eigenvalue weighted by atomic mass is 10.1. The first-order chi connectivity index (χ1) is 16.4. The summed E-state index contributed by atoms with van der Waals surface area (Å²) >= 11 is 0. The molecule has 4 rings (SSSR count). The van der Waals surface area contributed by atoms with Crippen LogP contribution in [0.15, 0.2) is 73.2 Å². The number of rotatable bonds is 8. The SMILES string of the molecule is CON(c1ccc([N+](=O)[O-])cc1)c1cc2cncnc2cc1N(OC)c1ccc([N+](=O)[O-])cc1. The smallest absolute Gasteiger partial charge is 0.269 e. The van der Waals surface area contributed by atoms with Crippen molar-refractivity contribution >= 4 is 45.0 Å². The van der Waals surface area contributed by atoms with Crippen molar-refractivity contribution in [2.75, 3.05) is 24.3 Å². The van der Waals surface area contributed by atoms with Gasteiger partial charge in [-0.1, -0.05) is 0 Å². The van der Waals surface area contributed by atoms with Gasteiger partial charge in [-0.25, -0.2) is 20.1 Å². The first kappa shape index (κ1) is 22.5. The summed E-state index contributed by atoms with van der Waals surface area (Å²) in [4.78, 5) is 40.8. The standard InChI is InChI=1S/C22H18N6O6/c1-33-25(16-3-7-18(8-4-16)27(29)30)21-11-15-13-23-14-24-20(15)12-22(21)26(34-2)17-5-9-19(10-6-17)28(31)32/h3-14H,1-2H3. The number of non-ortho nitro benzene ring substituents is 2. The number of hydrogen-bond donors (Lipinski definition) is 0. The molecule has 0 unspecified atom stereocenters. The Hall–Kier alpha value is -4.68. The van der Waals surface area contributed by atoms with Gasteiger partial charge in [0.2, 0.25) is 0 Å². The minimum atomic E-state index is -0.486. The van der Waals surface area contributed by atoms with Gasteiger partial charge < -0.3 is 0 Å². The molecule has 1 aromatic heterocycles. The monoisotopic (exact) mass is 462 g/mol. The number of benzene rings is 3. The van der Waals surface area contributed by atoms with E-state index in [9.17, 15) is 20.2 Å². The molecule has 0 amide bonds. The van der Waals surface area contributed by atoms with E-state index in [4.69, 9.17) is 9.68 Å². The van der Waals surface area contributed by atoms with Crippen molar-refractivity contribution in [1.82, 2.24) is 9.97 Å². The van der Waals surface area contributed by atoms with Crippen LogP contribution in [0.3, 0.4) is 0 Å². The number of hydrogen-bond acceptors (Lipinski definition) is 10. The average Bonchev–Trinajstić information content (AvgIpc) is 2.85. The lowest BCUT2D eigenvalue weighted by Crippen LogP contribution is -2.22. The number of aromatic nitrogens is 2. The minimum Gasteiger partial charge on any atom is -0.272 e. The van der Waals surface area contributed by atoms with Gasteiger partial charge in [-0.3, -0.25) is 29.9 Å². The van der Waals surface area contributed by atoms with Crippen molar-refractivity contribution in [2.24, 2.45) is 0 Å². The molecule has 0 radical (unpaired) electrons. The van der Waals surface area contributed by atoms with Gasteiger partial charge in [-0.05, 0) is 36.4 Å². The molecule has 0 saturated carbocycles. The van der Waals surface area contributed by atoms with Crippen LogP contribution in [0, 0.1) is 20.2 Å². The van der Waals surface area contributed by atoms with E-state index in [1.165, 1.54) is 54.9 Å². The molecule has 0 atom stereocenters. The summed E-state index contributed by atoms with van der Waals surface area (Å²) in [7, 11) is 2.91. The van der Waals surface area contributed by atoms with Crippen LogP contribution in [0.1, 0.15) is 0 Å². The molecule has 4 aromatic rings. The van der Waals surface area contributed by atoms with Crippen molar-refractivity contribution < 1.29 is 19.5 Å². The maximum Gasteiger partial charge on any atom is 0.269 e. The molecule has 0 aliphatic heterocycles. The van der Waals surface area contributed by atoms with Crippen molar-refractivity contribution in [3.05, 3.63) is 93.4 Å². The van der Waals surface area contributed by atoms with Crippen molar-refractivity contribution in [1.29, 1.82) is 0 Å². The summed E-state index contributed by atoms with van der Waals surface area (Å²) in [5.41, 5.74) is 2.55. The van der Waals surface area contributed by atoms with Gasteiger partial charge in [0.25, 0.3) is 11.4 Å². The molecule has 0 aliphatic carbocycles.